The van der Waals surface area contributed by atoms with E-state index in [-0.39, 0.29) is 11.3 Å². The number of pyridine rings is 1. The summed E-state index contributed by atoms with van der Waals surface area (Å²) in [4.78, 5) is 29.8. The van der Waals surface area contributed by atoms with Crippen LogP contribution in [0.25, 0.3) is 0 Å². The molecule has 4 rings (SSSR count). The van der Waals surface area contributed by atoms with E-state index in [2.05, 4.69) is 25.9 Å². The lowest BCUT2D eigenvalue weighted by molar-refractivity contribution is 0.0520. The molecule has 25 heavy (non-hydrogen) atoms. The van der Waals surface area contributed by atoms with Gasteiger partial charge in [-0.15, -0.1) is 0 Å². The molecule has 2 aliphatic rings. The van der Waals surface area contributed by atoms with Crippen molar-refractivity contribution in [2.75, 3.05) is 26.2 Å². The zero-order valence-corrected chi connectivity index (χ0v) is 14.3. The number of likely N-dealkylation sites (tertiary alicyclic amines) is 2. The summed E-state index contributed by atoms with van der Waals surface area (Å²) in [6.07, 6.45) is 9.98. The Morgan fingerprint density at radius 1 is 1.08 bits per heavy atom. The minimum absolute atomic E-state index is 0.00958. The lowest BCUT2D eigenvalue weighted by Gasteiger charge is -2.40. The maximum Gasteiger partial charge on any atom is 0.274 e. The van der Waals surface area contributed by atoms with Crippen LogP contribution in [0.1, 0.15) is 35.4 Å². The van der Waals surface area contributed by atoms with Crippen molar-refractivity contribution in [3.8, 4) is 0 Å². The summed E-state index contributed by atoms with van der Waals surface area (Å²) >= 11 is 0. The average molecular weight is 337 g/mol. The molecule has 0 unspecified atom stereocenters. The number of hydrogen-bond donors (Lipinski definition) is 0. The molecule has 0 radical (unpaired) electrons. The number of carbonyl (C=O) groups is 1. The van der Waals surface area contributed by atoms with E-state index in [4.69, 9.17) is 0 Å². The summed E-state index contributed by atoms with van der Waals surface area (Å²) in [5, 5.41) is 0. The van der Waals surface area contributed by atoms with Crippen molar-refractivity contribution in [2.45, 2.75) is 25.8 Å². The summed E-state index contributed by atoms with van der Waals surface area (Å²) < 4.78 is 0. The molecule has 0 bridgehead atoms. The second kappa shape index (κ2) is 6.88. The van der Waals surface area contributed by atoms with Crippen molar-refractivity contribution >= 4 is 5.91 Å². The van der Waals surface area contributed by atoms with E-state index in [0.717, 1.165) is 51.3 Å². The van der Waals surface area contributed by atoms with E-state index in [1.54, 1.807) is 18.6 Å². The zero-order chi connectivity index (χ0) is 17.1. The van der Waals surface area contributed by atoms with Gasteiger partial charge in [0.2, 0.25) is 0 Å². The molecule has 0 aromatic carbocycles. The Labute approximate surface area is 147 Å². The molecule has 2 aromatic heterocycles. The van der Waals surface area contributed by atoms with Gasteiger partial charge < -0.3 is 4.90 Å². The van der Waals surface area contributed by atoms with E-state index in [0.29, 0.717) is 5.69 Å². The summed E-state index contributed by atoms with van der Waals surface area (Å²) in [6, 6.07) is 6.07. The normalized spacial score (nSPS) is 23.9. The van der Waals surface area contributed by atoms with Crippen LogP contribution in [-0.4, -0.2) is 56.8 Å². The largest absolute Gasteiger partial charge is 0.337 e. The van der Waals surface area contributed by atoms with Gasteiger partial charge in [0.1, 0.15) is 5.69 Å². The highest BCUT2D eigenvalue weighted by molar-refractivity contribution is 5.92. The van der Waals surface area contributed by atoms with Gasteiger partial charge in [-0.05, 0) is 37.9 Å². The molecule has 1 amide bonds. The maximum absolute atomic E-state index is 12.7. The standard InChI is InChI=1S/C19H23N5O/c25-18(17-12-20-8-9-22-17)24-10-3-5-19(15-24)6-11-23(14-19)13-16-4-1-2-7-21-16/h1-2,4,7-9,12H,3,5-6,10-11,13-15H2/t19-/m0/s1. The Balaban J connectivity index is 1.42. The number of piperidine rings is 1. The van der Waals surface area contributed by atoms with Gasteiger partial charge >= 0.3 is 0 Å². The molecule has 2 fully saturated rings. The third kappa shape index (κ3) is 3.54. The van der Waals surface area contributed by atoms with E-state index in [1.165, 1.54) is 6.42 Å². The number of carbonyl (C=O) groups excluding carboxylic acids is 1. The van der Waals surface area contributed by atoms with E-state index < -0.39 is 0 Å². The van der Waals surface area contributed by atoms with Crippen LogP contribution in [0.3, 0.4) is 0 Å². The first-order chi connectivity index (χ1) is 12.2. The van der Waals surface area contributed by atoms with Crippen molar-refractivity contribution in [3.63, 3.8) is 0 Å². The van der Waals surface area contributed by atoms with Crippen LogP contribution in [0, 0.1) is 5.41 Å². The molecule has 6 heteroatoms. The van der Waals surface area contributed by atoms with Crippen molar-refractivity contribution in [2.24, 2.45) is 5.41 Å². The molecule has 0 N–H and O–H groups in total. The Morgan fingerprint density at radius 2 is 2.04 bits per heavy atom. The van der Waals surface area contributed by atoms with Gasteiger partial charge in [0.15, 0.2) is 0 Å². The predicted octanol–water partition coefficient (Wildman–Crippen LogP) is 2.00. The highest BCUT2D eigenvalue weighted by atomic mass is 16.2. The molecular formula is C19H23N5O. The van der Waals surface area contributed by atoms with Crippen LogP contribution in [0.15, 0.2) is 43.0 Å². The molecule has 4 heterocycles. The highest BCUT2D eigenvalue weighted by Crippen LogP contribution is 2.39. The molecule has 1 spiro atoms. The van der Waals surface area contributed by atoms with Gasteiger partial charge in [-0.1, -0.05) is 6.07 Å². The lowest BCUT2D eigenvalue weighted by atomic mass is 9.79. The Hall–Kier alpha value is -2.34. The van der Waals surface area contributed by atoms with Crippen LogP contribution >= 0.6 is 0 Å². The Bertz CT molecular complexity index is 723. The SMILES string of the molecule is O=C(c1cnccn1)N1CCC[C@@]2(CCN(Cc3ccccn3)C2)C1. The molecular weight excluding hydrogens is 314 g/mol. The molecule has 130 valence electrons. The molecule has 0 saturated carbocycles. The minimum atomic E-state index is 0.00958. The fourth-order valence-electron chi connectivity index (χ4n) is 4.17. The Kier molecular flexibility index (Phi) is 4.44. The van der Waals surface area contributed by atoms with Crippen molar-refractivity contribution < 1.29 is 4.79 Å². The van der Waals surface area contributed by atoms with Crippen LogP contribution in [0.4, 0.5) is 0 Å². The number of hydrogen-bond acceptors (Lipinski definition) is 5. The van der Waals surface area contributed by atoms with Gasteiger partial charge in [0, 0.05) is 50.2 Å². The second-order valence-corrected chi connectivity index (χ2v) is 7.20. The molecule has 2 aliphatic heterocycles. The third-order valence-corrected chi connectivity index (χ3v) is 5.36. The molecule has 2 aromatic rings. The van der Waals surface area contributed by atoms with Crippen molar-refractivity contribution in [1.29, 1.82) is 0 Å². The first kappa shape index (κ1) is 16.1. The lowest BCUT2D eigenvalue weighted by Crippen LogP contribution is -2.47. The topological polar surface area (TPSA) is 62.2 Å². The van der Waals surface area contributed by atoms with Crippen LogP contribution in [0.5, 0.6) is 0 Å². The van der Waals surface area contributed by atoms with E-state index in [9.17, 15) is 4.79 Å². The van der Waals surface area contributed by atoms with E-state index in [1.807, 2.05) is 23.2 Å². The van der Waals surface area contributed by atoms with Gasteiger partial charge in [-0.3, -0.25) is 19.7 Å². The van der Waals surface area contributed by atoms with Crippen molar-refractivity contribution in [3.05, 3.63) is 54.4 Å². The van der Waals surface area contributed by atoms with Crippen LogP contribution in [-0.2, 0) is 6.54 Å². The number of amides is 1. The first-order valence-corrected chi connectivity index (χ1v) is 8.92. The average Bonchev–Trinajstić information content (AvgIpc) is 3.04. The van der Waals surface area contributed by atoms with Gasteiger partial charge in [0.25, 0.3) is 5.91 Å². The summed E-state index contributed by atoms with van der Waals surface area (Å²) in [5.74, 6) is 0.00958. The molecule has 0 aliphatic carbocycles. The quantitative estimate of drug-likeness (QED) is 0.857. The smallest absolute Gasteiger partial charge is 0.274 e. The van der Waals surface area contributed by atoms with Crippen LogP contribution < -0.4 is 0 Å². The molecule has 1 atom stereocenters. The van der Waals surface area contributed by atoms with Crippen LogP contribution in [0.2, 0.25) is 0 Å². The van der Waals surface area contributed by atoms with E-state index >= 15 is 0 Å². The first-order valence-electron chi connectivity index (χ1n) is 8.92. The maximum atomic E-state index is 12.7. The summed E-state index contributed by atoms with van der Waals surface area (Å²) in [7, 11) is 0. The number of nitrogens with zero attached hydrogens (tertiary/aromatic N) is 5. The van der Waals surface area contributed by atoms with Gasteiger partial charge in [-0.2, -0.15) is 0 Å². The molecule has 6 nitrogen and oxygen atoms in total. The fraction of sp³-hybridized carbons (Fsp3) is 0.474. The van der Waals surface area contributed by atoms with Crippen molar-refractivity contribution in [1.82, 2.24) is 24.8 Å². The number of aromatic nitrogens is 3. The third-order valence-electron chi connectivity index (χ3n) is 5.36. The Morgan fingerprint density at radius 3 is 2.84 bits per heavy atom. The zero-order valence-electron chi connectivity index (χ0n) is 14.3. The fourth-order valence-corrected chi connectivity index (χ4v) is 4.17. The number of rotatable bonds is 3. The van der Waals surface area contributed by atoms with Gasteiger partial charge in [0.05, 0.1) is 11.9 Å². The molecule has 2 saturated heterocycles. The monoisotopic (exact) mass is 337 g/mol. The summed E-state index contributed by atoms with van der Waals surface area (Å²) in [5.41, 5.74) is 1.77. The van der Waals surface area contributed by atoms with Gasteiger partial charge in [-0.25, -0.2) is 4.98 Å². The minimum Gasteiger partial charge on any atom is -0.337 e. The summed E-state index contributed by atoms with van der Waals surface area (Å²) in [6.45, 7) is 4.64. The highest BCUT2D eigenvalue weighted by Gasteiger charge is 2.42. The second-order valence-electron chi connectivity index (χ2n) is 7.20. The predicted molar refractivity (Wildman–Crippen MR) is 93.7 cm³/mol.